The van der Waals surface area contributed by atoms with Gasteiger partial charge < -0.3 is 5.32 Å². The summed E-state index contributed by atoms with van der Waals surface area (Å²) in [5.41, 5.74) is 0.720. The van der Waals surface area contributed by atoms with Crippen molar-refractivity contribution in [2.75, 3.05) is 6.54 Å². The molecule has 1 heterocycles. The molecule has 2 aromatic rings. The molecule has 0 bridgehead atoms. The molecule has 1 aliphatic heterocycles. The number of amides is 1. The molecule has 0 saturated carbocycles. The van der Waals surface area contributed by atoms with E-state index in [1.54, 1.807) is 24.3 Å². The maximum absolute atomic E-state index is 13.4. The van der Waals surface area contributed by atoms with Crippen LogP contribution in [0.4, 0.5) is 0 Å². The summed E-state index contributed by atoms with van der Waals surface area (Å²) in [5, 5.41) is 3.77. The molecule has 1 aliphatic rings. The highest BCUT2D eigenvalue weighted by Gasteiger charge is 2.36. The zero-order valence-electron chi connectivity index (χ0n) is 14.6. The van der Waals surface area contributed by atoms with E-state index >= 15 is 0 Å². The summed E-state index contributed by atoms with van der Waals surface area (Å²) in [6, 6.07) is 12.2. The number of carbonyl (C=O) groups is 1. The average molecular weight is 427 g/mol. The number of hydrogen-bond acceptors (Lipinski definition) is 3. The third-order valence-corrected chi connectivity index (χ3v) is 6.86. The Balaban J connectivity index is 2.02. The molecule has 1 fully saturated rings. The van der Waals surface area contributed by atoms with Gasteiger partial charge in [-0.3, -0.25) is 4.79 Å². The van der Waals surface area contributed by atoms with E-state index in [1.165, 1.54) is 28.6 Å². The zero-order valence-corrected chi connectivity index (χ0v) is 16.9. The molecule has 0 radical (unpaired) electrons. The van der Waals surface area contributed by atoms with Gasteiger partial charge in [-0.05, 0) is 61.2 Å². The van der Waals surface area contributed by atoms with Crippen LogP contribution in [-0.2, 0) is 21.4 Å². The smallest absolute Gasteiger partial charge is 0.244 e. The molecule has 1 saturated heterocycles. The van der Waals surface area contributed by atoms with Crippen molar-refractivity contribution in [3.8, 4) is 0 Å². The summed E-state index contributed by atoms with van der Waals surface area (Å²) in [6.45, 7) is 0.616. The Morgan fingerprint density at radius 3 is 2.48 bits per heavy atom. The highest BCUT2D eigenvalue weighted by atomic mass is 35.5. The molecule has 8 heteroatoms. The van der Waals surface area contributed by atoms with E-state index in [9.17, 15) is 13.2 Å². The quantitative estimate of drug-likeness (QED) is 0.788. The van der Waals surface area contributed by atoms with Crippen molar-refractivity contribution in [2.24, 2.45) is 0 Å². The van der Waals surface area contributed by atoms with E-state index < -0.39 is 16.1 Å². The Hall–Kier alpha value is -1.60. The average Bonchev–Trinajstić information content (AvgIpc) is 2.84. The molecule has 144 valence electrons. The van der Waals surface area contributed by atoms with E-state index in [2.05, 4.69) is 5.32 Å². The number of nitrogens with one attached hydrogen (secondary N) is 1. The Morgan fingerprint density at radius 2 is 1.78 bits per heavy atom. The van der Waals surface area contributed by atoms with Gasteiger partial charge in [0, 0.05) is 23.1 Å². The number of benzene rings is 2. The number of nitrogens with zero attached hydrogens (tertiary/aromatic N) is 1. The van der Waals surface area contributed by atoms with Crippen molar-refractivity contribution in [3.05, 3.63) is 64.1 Å². The van der Waals surface area contributed by atoms with Crippen LogP contribution in [0.1, 0.15) is 24.8 Å². The van der Waals surface area contributed by atoms with Crippen molar-refractivity contribution >= 4 is 39.1 Å². The van der Waals surface area contributed by atoms with Crippen LogP contribution >= 0.6 is 23.2 Å². The van der Waals surface area contributed by atoms with Gasteiger partial charge in [0.1, 0.15) is 6.04 Å². The maximum Gasteiger partial charge on any atom is 0.244 e. The standard InChI is InChI=1S/C19H20Cl2N2O3S/c20-15-7-9-17(10-8-15)27(25,26)23(13-14-4-3-5-16(21)12-14)18-6-1-2-11-22-19(18)24/h3-5,7-10,12,18H,1-2,6,11,13H2,(H,22,24). The fourth-order valence-electron chi connectivity index (χ4n) is 3.12. The number of sulfonamides is 1. The van der Waals surface area contributed by atoms with Crippen LogP contribution in [0, 0.1) is 0 Å². The molecule has 0 spiro atoms. The van der Waals surface area contributed by atoms with E-state index in [-0.39, 0.29) is 17.3 Å². The van der Waals surface area contributed by atoms with Gasteiger partial charge in [0.05, 0.1) is 4.90 Å². The summed E-state index contributed by atoms with van der Waals surface area (Å²) >= 11 is 12.0. The first-order valence-electron chi connectivity index (χ1n) is 8.67. The SMILES string of the molecule is O=C1NCCCCC1N(Cc1cccc(Cl)c1)S(=O)(=O)c1ccc(Cl)cc1. The highest BCUT2D eigenvalue weighted by Crippen LogP contribution is 2.26. The molecule has 2 aromatic carbocycles. The second-order valence-corrected chi connectivity index (χ2v) is 9.20. The number of carbonyl (C=O) groups excluding carboxylic acids is 1. The van der Waals surface area contributed by atoms with Gasteiger partial charge in [0.2, 0.25) is 15.9 Å². The number of halogens is 2. The van der Waals surface area contributed by atoms with Gasteiger partial charge in [0.25, 0.3) is 0 Å². The van der Waals surface area contributed by atoms with E-state index in [4.69, 9.17) is 23.2 Å². The van der Waals surface area contributed by atoms with E-state index in [1.807, 2.05) is 0 Å². The summed E-state index contributed by atoms with van der Waals surface area (Å²) in [6.07, 6.45) is 2.07. The third-order valence-electron chi connectivity index (χ3n) is 4.50. The fourth-order valence-corrected chi connectivity index (χ4v) is 5.06. The first-order valence-corrected chi connectivity index (χ1v) is 10.9. The molecular formula is C19H20Cl2N2O3S. The lowest BCUT2D eigenvalue weighted by atomic mass is 10.1. The Labute approximate surface area is 169 Å². The van der Waals surface area contributed by atoms with Gasteiger partial charge in [-0.2, -0.15) is 4.31 Å². The normalized spacial score (nSPS) is 18.2. The van der Waals surface area contributed by atoms with Crippen LogP contribution < -0.4 is 5.32 Å². The second-order valence-electron chi connectivity index (χ2n) is 6.44. The second kappa shape index (κ2) is 8.61. The van der Waals surface area contributed by atoms with Crippen LogP contribution in [0.15, 0.2) is 53.4 Å². The largest absolute Gasteiger partial charge is 0.355 e. The minimum absolute atomic E-state index is 0.0591. The number of rotatable bonds is 5. The molecule has 1 atom stereocenters. The lowest BCUT2D eigenvalue weighted by molar-refractivity contribution is -0.124. The molecule has 1 amide bonds. The number of hydrogen-bond donors (Lipinski definition) is 1. The van der Waals surface area contributed by atoms with Crippen LogP contribution in [0.25, 0.3) is 0 Å². The fraction of sp³-hybridized carbons (Fsp3) is 0.316. The van der Waals surface area contributed by atoms with Crippen molar-refractivity contribution in [1.82, 2.24) is 9.62 Å². The van der Waals surface area contributed by atoms with Gasteiger partial charge in [-0.25, -0.2) is 8.42 Å². The minimum Gasteiger partial charge on any atom is -0.355 e. The molecule has 3 rings (SSSR count). The summed E-state index contributed by atoms with van der Waals surface area (Å²) < 4.78 is 28.0. The Morgan fingerprint density at radius 1 is 1.04 bits per heavy atom. The highest BCUT2D eigenvalue weighted by molar-refractivity contribution is 7.89. The van der Waals surface area contributed by atoms with Crippen molar-refractivity contribution in [1.29, 1.82) is 0 Å². The first-order chi connectivity index (χ1) is 12.9. The molecule has 0 aromatic heterocycles. The monoisotopic (exact) mass is 426 g/mol. The van der Waals surface area contributed by atoms with Gasteiger partial charge in [-0.15, -0.1) is 0 Å². The van der Waals surface area contributed by atoms with Gasteiger partial charge in [0.15, 0.2) is 0 Å². The Bertz CT molecular complexity index is 917. The van der Waals surface area contributed by atoms with Crippen molar-refractivity contribution in [2.45, 2.75) is 36.7 Å². The molecule has 27 heavy (non-hydrogen) atoms. The predicted octanol–water partition coefficient (Wildman–Crippen LogP) is 3.85. The molecular weight excluding hydrogens is 407 g/mol. The van der Waals surface area contributed by atoms with Gasteiger partial charge >= 0.3 is 0 Å². The van der Waals surface area contributed by atoms with E-state index in [0.717, 1.165) is 18.4 Å². The Kier molecular flexibility index (Phi) is 6.42. The van der Waals surface area contributed by atoms with Crippen LogP contribution in [-0.4, -0.2) is 31.2 Å². The topological polar surface area (TPSA) is 66.5 Å². The van der Waals surface area contributed by atoms with Crippen LogP contribution in [0.5, 0.6) is 0 Å². The lowest BCUT2D eigenvalue weighted by Gasteiger charge is -2.29. The predicted molar refractivity (Wildman–Crippen MR) is 106 cm³/mol. The van der Waals surface area contributed by atoms with Crippen LogP contribution in [0.2, 0.25) is 10.0 Å². The molecule has 1 N–H and O–H groups in total. The lowest BCUT2D eigenvalue weighted by Crippen LogP contribution is -2.48. The van der Waals surface area contributed by atoms with E-state index in [0.29, 0.717) is 23.0 Å². The molecule has 5 nitrogen and oxygen atoms in total. The molecule has 1 unspecified atom stereocenters. The maximum atomic E-state index is 13.4. The van der Waals surface area contributed by atoms with Gasteiger partial charge in [-0.1, -0.05) is 35.3 Å². The summed E-state index contributed by atoms with van der Waals surface area (Å²) in [5.74, 6) is -0.271. The summed E-state index contributed by atoms with van der Waals surface area (Å²) in [4.78, 5) is 12.7. The zero-order chi connectivity index (χ0) is 19.4. The molecule has 0 aliphatic carbocycles. The van der Waals surface area contributed by atoms with Crippen molar-refractivity contribution in [3.63, 3.8) is 0 Å². The first kappa shape index (κ1) is 20.1. The van der Waals surface area contributed by atoms with Crippen molar-refractivity contribution < 1.29 is 13.2 Å². The van der Waals surface area contributed by atoms with Crippen LogP contribution in [0.3, 0.4) is 0 Å². The minimum atomic E-state index is -3.91. The third kappa shape index (κ3) is 4.82. The summed E-state index contributed by atoms with van der Waals surface area (Å²) in [7, 11) is -3.91.